The number of rotatable bonds is 3. The average molecular weight is 273 g/mol. The molecule has 0 saturated heterocycles. The Bertz CT molecular complexity index is 556. The van der Waals surface area contributed by atoms with Gasteiger partial charge in [0.1, 0.15) is 0 Å². The first kappa shape index (κ1) is 13.4. The number of hydrogen-bond acceptors (Lipinski definition) is 2. The Hall–Kier alpha value is -1.55. The number of carbonyl (C=O) groups is 1. The van der Waals surface area contributed by atoms with Gasteiger partial charge in [-0.15, -0.1) is 0 Å². The molecule has 108 valence electrons. The standard InChI is InChI=1S/C16H23N3O/c1-3-4-11-5-6-12-9-18-7-8-19-10-13(16(20)17-2)14(11)15(12)19/h6,10-11,18H,3-5,7-9H2,1-2H3,(H,17,20)/t11-/m0/s1. The second-order valence-electron chi connectivity index (χ2n) is 5.71. The lowest BCUT2D eigenvalue weighted by Gasteiger charge is -2.24. The first-order chi connectivity index (χ1) is 9.76. The van der Waals surface area contributed by atoms with E-state index in [1.165, 1.54) is 16.8 Å². The molecule has 1 aliphatic heterocycles. The van der Waals surface area contributed by atoms with Gasteiger partial charge >= 0.3 is 0 Å². The largest absolute Gasteiger partial charge is 0.355 e. The fourth-order valence-corrected chi connectivity index (χ4v) is 3.52. The van der Waals surface area contributed by atoms with Crippen LogP contribution in [0, 0.1) is 0 Å². The zero-order valence-electron chi connectivity index (χ0n) is 12.3. The summed E-state index contributed by atoms with van der Waals surface area (Å²) in [6.45, 7) is 5.04. The first-order valence-electron chi connectivity index (χ1n) is 7.61. The Balaban J connectivity index is 2.15. The van der Waals surface area contributed by atoms with Gasteiger partial charge in [-0.3, -0.25) is 4.79 Å². The van der Waals surface area contributed by atoms with Crippen LogP contribution in [0.25, 0.3) is 5.57 Å². The molecular formula is C16H23N3O. The molecule has 2 heterocycles. The summed E-state index contributed by atoms with van der Waals surface area (Å²) in [6.07, 6.45) is 7.79. The molecule has 0 radical (unpaired) electrons. The summed E-state index contributed by atoms with van der Waals surface area (Å²) in [7, 11) is 1.72. The van der Waals surface area contributed by atoms with Gasteiger partial charge in [0.15, 0.2) is 0 Å². The summed E-state index contributed by atoms with van der Waals surface area (Å²) in [5, 5.41) is 6.26. The normalized spacial score (nSPS) is 20.9. The van der Waals surface area contributed by atoms with E-state index in [0.29, 0.717) is 5.92 Å². The number of hydrogen-bond donors (Lipinski definition) is 2. The second kappa shape index (κ2) is 5.44. The van der Waals surface area contributed by atoms with E-state index in [-0.39, 0.29) is 5.91 Å². The molecule has 1 aromatic rings. The van der Waals surface area contributed by atoms with E-state index in [4.69, 9.17) is 0 Å². The Morgan fingerprint density at radius 3 is 3.15 bits per heavy atom. The monoisotopic (exact) mass is 273 g/mol. The van der Waals surface area contributed by atoms with Crippen LogP contribution in [0.2, 0.25) is 0 Å². The lowest BCUT2D eigenvalue weighted by atomic mass is 9.82. The van der Waals surface area contributed by atoms with Crippen LogP contribution in [0.1, 0.15) is 53.7 Å². The van der Waals surface area contributed by atoms with Gasteiger partial charge in [-0.1, -0.05) is 19.4 Å². The predicted octanol–water partition coefficient (Wildman–Crippen LogP) is 2.12. The molecule has 20 heavy (non-hydrogen) atoms. The third-order valence-electron chi connectivity index (χ3n) is 4.43. The summed E-state index contributed by atoms with van der Waals surface area (Å²) in [4.78, 5) is 12.2. The van der Waals surface area contributed by atoms with Crippen molar-refractivity contribution in [3.8, 4) is 0 Å². The number of nitrogens with one attached hydrogen (secondary N) is 2. The van der Waals surface area contributed by atoms with Crippen molar-refractivity contribution in [2.75, 3.05) is 20.1 Å². The topological polar surface area (TPSA) is 46.1 Å². The molecule has 3 rings (SSSR count). The van der Waals surface area contributed by atoms with Crippen LogP contribution in [0.4, 0.5) is 0 Å². The molecular weight excluding hydrogens is 250 g/mol. The Morgan fingerprint density at radius 1 is 1.55 bits per heavy atom. The summed E-state index contributed by atoms with van der Waals surface area (Å²) in [5.41, 5.74) is 4.83. The minimum Gasteiger partial charge on any atom is -0.355 e. The van der Waals surface area contributed by atoms with E-state index >= 15 is 0 Å². The van der Waals surface area contributed by atoms with Crippen molar-refractivity contribution in [2.24, 2.45) is 0 Å². The van der Waals surface area contributed by atoms with E-state index in [1.54, 1.807) is 7.05 Å². The van der Waals surface area contributed by atoms with Gasteiger partial charge in [0, 0.05) is 38.6 Å². The van der Waals surface area contributed by atoms with Crippen LogP contribution in [0.3, 0.4) is 0 Å². The van der Waals surface area contributed by atoms with E-state index in [0.717, 1.165) is 44.5 Å². The third kappa shape index (κ3) is 2.08. The molecule has 0 bridgehead atoms. The van der Waals surface area contributed by atoms with Crippen molar-refractivity contribution in [3.63, 3.8) is 0 Å². The second-order valence-corrected chi connectivity index (χ2v) is 5.71. The maximum Gasteiger partial charge on any atom is 0.252 e. The van der Waals surface area contributed by atoms with Gasteiger partial charge in [0.25, 0.3) is 5.91 Å². The molecule has 2 aliphatic rings. The van der Waals surface area contributed by atoms with Gasteiger partial charge in [0.2, 0.25) is 0 Å². The van der Waals surface area contributed by atoms with Gasteiger partial charge < -0.3 is 15.2 Å². The molecule has 2 N–H and O–H groups in total. The van der Waals surface area contributed by atoms with Crippen molar-refractivity contribution >= 4 is 11.5 Å². The third-order valence-corrected chi connectivity index (χ3v) is 4.43. The maximum absolute atomic E-state index is 12.2. The molecule has 1 amide bonds. The van der Waals surface area contributed by atoms with Crippen molar-refractivity contribution in [1.29, 1.82) is 0 Å². The molecule has 1 atom stereocenters. The van der Waals surface area contributed by atoms with E-state index in [1.807, 2.05) is 0 Å². The van der Waals surface area contributed by atoms with Gasteiger partial charge in [-0.05, 0) is 29.9 Å². The minimum atomic E-state index is 0.0517. The Morgan fingerprint density at radius 2 is 2.40 bits per heavy atom. The smallest absolute Gasteiger partial charge is 0.252 e. The zero-order chi connectivity index (χ0) is 14.1. The van der Waals surface area contributed by atoms with Crippen molar-refractivity contribution in [3.05, 3.63) is 29.1 Å². The molecule has 4 heteroatoms. The van der Waals surface area contributed by atoms with E-state index in [9.17, 15) is 4.79 Å². The van der Waals surface area contributed by atoms with E-state index in [2.05, 4.69) is 34.4 Å². The first-order valence-corrected chi connectivity index (χ1v) is 7.61. The number of aromatic nitrogens is 1. The number of nitrogens with zero attached hydrogens (tertiary/aromatic N) is 1. The Labute approximate surface area is 120 Å². The van der Waals surface area contributed by atoms with Crippen LogP contribution < -0.4 is 10.6 Å². The molecule has 1 aromatic heterocycles. The average Bonchev–Trinajstić information content (AvgIpc) is 2.73. The highest BCUT2D eigenvalue weighted by molar-refractivity contribution is 5.97. The highest BCUT2D eigenvalue weighted by Crippen LogP contribution is 2.40. The quantitative estimate of drug-likeness (QED) is 0.886. The van der Waals surface area contributed by atoms with Gasteiger partial charge in [-0.25, -0.2) is 0 Å². The SMILES string of the molecule is CCC[C@H]1CC=C2CNCCn3cc(C(=O)NC)c1c32. The summed E-state index contributed by atoms with van der Waals surface area (Å²) in [5.74, 6) is 0.543. The number of allylic oxidation sites excluding steroid dienone is 1. The fourth-order valence-electron chi connectivity index (χ4n) is 3.52. The van der Waals surface area contributed by atoms with Gasteiger partial charge in [-0.2, -0.15) is 0 Å². The summed E-state index contributed by atoms with van der Waals surface area (Å²) >= 11 is 0. The van der Waals surface area contributed by atoms with Crippen molar-refractivity contribution < 1.29 is 4.79 Å². The number of amides is 1. The van der Waals surface area contributed by atoms with Crippen molar-refractivity contribution in [2.45, 2.75) is 38.6 Å². The van der Waals surface area contributed by atoms with Crippen LogP contribution in [0.5, 0.6) is 0 Å². The van der Waals surface area contributed by atoms with Crippen LogP contribution in [-0.4, -0.2) is 30.6 Å². The van der Waals surface area contributed by atoms with Gasteiger partial charge in [0.05, 0.1) is 5.56 Å². The highest BCUT2D eigenvalue weighted by atomic mass is 16.1. The lowest BCUT2D eigenvalue weighted by molar-refractivity contribution is 0.0961. The fraction of sp³-hybridized carbons (Fsp3) is 0.562. The molecule has 0 saturated carbocycles. The molecule has 0 fully saturated rings. The molecule has 4 nitrogen and oxygen atoms in total. The summed E-state index contributed by atoms with van der Waals surface area (Å²) < 4.78 is 2.27. The maximum atomic E-state index is 12.2. The number of carbonyl (C=O) groups excluding carboxylic acids is 1. The minimum absolute atomic E-state index is 0.0517. The lowest BCUT2D eigenvalue weighted by Crippen LogP contribution is -2.22. The predicted molar refractivity (Wildman–Crippen MR) is 80.9 cm³/mol. The summed E-state index contributed by atoms with van der Waals surface area (Å²) in [6, 6.07) is 0. The van der Waals surface area contributed by atoms with Crippen LogP contribution >= 0.6 is 0 Å². The molecule has 1 aliphatic carbocycles. The van der Waals surface area contributed by atoms with Crippen LogP contribution in [0.15, 0.2) is 12.3 Å². The van der Waals surface area contributed by atoms with Crippen LogP contribution in [-0.2, 0) is 6.54 Å². The molecule has 0 unspecified atom stereocenters. The van der Waals surface area contributed by atoms with Crippen molar-refractivity contribution in [1.82, 2.24) is 15.2 Å². The van der Waals surface area contributed by atoms with E-state index < -0.39 is 0 Å². The Kier molecular flexibility index (Phi) is 3.66. The zero-order valence-corrected chi connectivity index (χ0v) is 12.3. The molecule has 0 aromatic carbocycles. The highest BCUT2D eigenvalue weighted by Gasteiger charge is 2.31. The molecule has 0 spiro atoms.